The van der Waals surface area contributed by atoms with E-state index in [1.807, 2.05) is 12.3 Å². The third kappa shape index (κ3) is 3.36. The molecule has 0 spiro atoms. The van der Waals surface area contributed by atoms with Gasteiger partial charge in [-0.2, -0.15) is 4.98 Å². The molecule has 1 aromatic heterocycles. The van der Waals surface area contributed by atoms with Crippen LogP contribution in [0.2, 0.25) is 0 Å². The van der Waals surface area contributed by atoms with Crippen LogP contribution in [0.4, 0.5) is 17.5 Å². The average molecular weight is 298 g/mol. The zero-order valence-electron chi connectivity index (χ0n) is 13.0. The molecule has 0 aliphatic carbocycles. The Balaban J connectivity index is 1.75. The summed E-state index contributed by atoms with van der Waals surface area (Å²) in [5.41, 5.74) is 2.65. The SMILES string of the molecule is COCCCNc1nccc(N2CCCc3ccccc32)n1. The number of nitrogens with zero attached hydrogens (tertiary/aromatic N) is 3. The molecule has 1 N–H and O–H groups in total. The minimum Gasteiger partial charge on any atom is -0.385 e. The van der Waals surface area contributed by atoms with Gasteiger partial charge in [0.1, 0.15) is 5.82 Å². The predicted octanol–water partition coefficient (Wildman–Crippen LogP) is 3.01. The van der Waals surface area contributed by atoms with Crippen molar-refractivity contribution < 1.29 is 4.74 Å². The Morgan fingerprint density at radius 2 is 2.18 bits per heavy atom. The van der Waals surface area contributed by atoms with E-state index in [0.717, 1.165) is 44.8 Å². The fourth-order valence-corrected chi connectivity index (χ4v) is 2.77. The van der Waals surface area contributed by atoms with E-state index < -0.39 is 0 Å². The Hall–Kier alpha value is -2.14. The molecule has 0 fully saturated rings. The first-order valence-electron chi connectivity index (χ1n) is 7.80. The molecule has 1 aliphatic heterocycles. The second-order valence-electron chi connectivity index (χ2n) is 5.40. The minimum atomic E-state index is 0.677. The van der Waals surface area contributed by atoms with Gasteiger partial charge in [-0.3, -0.25) is 0 Å². The first kappa shape index (κ1) is 14.8. The van der Waals surface area contributed by atoms with Crippen molar-refractivity contribution in [1.82, 2.24) is 9.97 Å². The summed E-state index contributed by atoms with van der Waals surface area (Å²) in [6, 6.07) is 10.5. The van der Waals surface area contributed by atoms with Crippen LogP contribution < -0.4 is 10.2 Å². The molecule has 0 bridgehead atoms. The van der Waals surface area contributed by atoms with Crippen molar-refractivity contribution in [3.63, 3.8) is 0 Å². The lowest BCUT2D eigenvalue weighted by atomic mass is 10.0. The molecule has 0 saturated carbocycles. The number of nitrogens with one attached hydrogen (secondary N) is 1. The summed E-state index contributed by atoms with van der Waals surface area (Å²) < 4.78 is 5.05. The molecular formula is C17H22N4O. The molecule has 1 aromatic carbocycles. The van der Waals surface area contributed by atoms with E-state index in [4.69, 9.17) is 4.74 Å². The van der Waals surface area contributed by atoms with Crippen LogP contribution in [-0.2, 0) is 11.2 Å². The van der Waals surface area contributed by atoms with Crippen LogP contribution in [0.3, 0.4) is 0 Å². The normalized spacial score (nSPS) is 13.8. The van der Waals surface area contributed by atoms with Crippen LogP contribution in [0, 0.1) is 0 Å². The number of fused-ring (bicyclic) bond motifs is 1. The molecule has 0 amide bonds. The van der Waals surface area contributed by atoms with Crippen molar-refractivity contribution in [2.24, 2.45) is 0 Å². The Kier molecular flexibility index (Phi) is 4.85. The van der Waals surface area contributed by atoms with Crippen molar-refractivity contribution in [2.75, 3.05) is 37.0 Å². The maximum Gasteiger partial charge on any atom is 0.224 e. The van der Waals surface area contributed by atoms with Gasteiger partial charge in [-0.15, -0.1) is 0 Å². The third-order valence-corrected chi connectivity index (χ3v) is 3.84. The molecule has 0 saturated heterocycles. The van der Waals surface area contributed by atoms with Crippen LogP contribution in [0.25, 0.3) is 0 Å². The van der Waals surface area contributed by atoms with Gasteiger partial charge >= 0.3 is 0 Å². The van der Waals surface area contributed by atoms with Gasteiger partial charge in [0.05, 0.1) is 0 Å². The highest BCUT2D eigenvalue weighted by atomic mass is 16.5. The van der Waals surface area contributed by atoms with Gasteiger partial charge in [-0.1, -0.05) is 18.2 Å². The summed E-state index contributed by atoms with van der Waals surface area (Å²) in [5, 5.41) is 3.25. The maximum absolute atomic E-state index is 5.05. The Bertz CT molecular complexity index is 617. The lowest BCUT2D eigenvalue weighted by Gasteiger charge is -2.30. The topological polar surface area (TPSA) is 50.3 Å². The molecule has 116 valence electrons. The Labute approximate surface area is 131 Å². The zero-order valence-corrected chi connectivity index (χ0v) is 13.0. The van der Waals surface area contributed by atoms with Gasteiger partial charge in [-0.25, -0.2) is 4.98 Å². The second-order valence-corrected chi connectivity index (χ2v) is 5.40. The molecule has 22 heavy (non-hydrogen) atoms. The van der Waals surface area contributed by atoms with Crippen LogP contribution in [0.15, 0.2) is 36.5 Å². The van der Waals surface area contributed by atoms with E-state index in [1.165, 1.54) is 11.3 Å². The quantitative estimate of drug-likeness (QED) is 0.831. The standard InChI is InChI=1S/C17H22N4O/c1-22-13-5-10-18-17-19-11-9-16(20-17)21-12-4-7-14-6-2-3-8-15(14)21/h2-3,6,8-9,11H,4-5,7,10,12-13H2,1H3,(H,18,19,20). The first-order chi connectivity index (χ1) is 10.9. The van der Waals surface area contributed by atoms with E-state index >= 15 is 0 Å². The van der Waals surface area contributed by atoms with Crippen LogP contribution in [0.5, 0.6) is 0 Å². The van der Waals surface area contributed by atoms with Crippen LogP contribution in [0.1, 0.15) is 18.4 Å². The van der Waals surface area contributed by atoms with E-state index in [1.54, 1.807) is 7.11 Å². The number of hydrogen-bond acceptors (Lipinski definition) is 5. The van der Waals surface area contributed by atoms with Gasteiger partial charge in [0.15, 0.2) is 0 Å². The molecule has 0 unspecified atom stereocenters. The van der Waals surface area contributed by atoms with Crippen molar-refractivity contribution in [3.05, 3.63) is 42.1 Å². The van der Waals surface area contributed by atoms with Crippen molar-refractivity contribution in [2.45, 2.75) is 19.3 Å². The largest absolute Gasteiger partial charge is 0.385 e. The zero-order chi connectivity index (χ0) is 15.2. The predicted molar refractivity (Wildman–Crippen MR) is 88.8 cm³/mol. The molecule has 3 rings (SSSR count). The van der Waals surface area contributed by atoms with E-state index in [0.29, 0.717) is 5.95 Å². The highest BCUT2D eigenvalue weighted by Gasteiger charge is 2.18. The van der Waals surface area contributed by atoms with Gasteiger partial charge in [0.25, 0.3) is 0 Å². The number of para-hydroxylation sites is 1. The molecular weight excluding hydrogens is 276 g/mol. The number of methoxy groups -OCH3 is 1. The Morgan fingerprint density at radius 1 is 1.27 bits per heavy atom. The van der Waals surface area contributed by atoms with E-state index in [9.17, 15) is 0 Å². The monoisotopic (exact) mass is 298 g/mol. The first-order valence-corrected chi connectivity index (χ1v) is 7.80. The summed E-state index contributed by atoms with van der Waals surface area (Å²) >= 11 is 0. The number of benzene rings is 1. The summed E-state index contributed by atoms with van der Waals surface area (Å²) in [5.74, 6) is 1.63. The van der Waals surface area contributed by atoms with Crippen molar-refractivity contribution >= 4 is 17.5 Å². The highest BCUT2D eigenvalue weighted by molar-refractivity contribution is 5.65. The summed E-state index contributed by atoms with van der Waals surface area (Å²) in [4.78, 5) is 11.2. The number of hydrogen-bond donors (Lipinski definition) is 1. The second kappa shape index (κ2) is 7.22. The van der Waals surface area contributed by atoms with Gasteiger partial charge < -0.3 is 15.0 Å². The number of anilines is 3. The van der Waals surface area contributed by atoms with E-state index in [-0.39, 0.29) is 0 Å². The number of aromatic nitrogens is 2. The Morgan fingerprint density at radius 3 is 3.09 bits per heavy atom. The fraction of sp³-hybridized carbons (Fsp3) is 0.412. The number of rotatable bonds is 6. The molecule has 5 heteroatoms. The maximum atomic E-state index is 5.05. The molecule has 5 nitrogen and oxygen atoms in total. The van der Waals surface area contributed by atoms with Crippen LogP contribution >= 0.6 is 0 Å². The van der Waals surface area contributed by atoms with Crippen molar-refractivity contribution in [3.8, 4) is 0 Å². The third-order valence-electron chi connectivity index (χ3n) is 3.84. The van der Waals surface area contributed by atoms with Gasteiger partial charge in [-0.05, 0) is 37.0 Å². The lowest BCUT2D eigenvalue weighted by molar-refractivity contribution is 0.197. The lowest BCUT2D eigenvalue weighted by Crippen LogP contribution is -2.25. The highest BCUT2D eigenvalue weighted by Crippen LogP contribution is 2.32. The van der Waals surface area contributed by atoms with E-state index in [2.05, 4.69) is 44.5 Å². The minimum absolute atomic E-state index is 0.677. The summed E-state index contributed by atoms with van der Waals surface area (Å²) in [6.45, 7) is 2.55. The number of ether oxygens (including phenoxy) is 1. The smallest absolute Gasteiger partial charge is 0.224 e. The molecule has 0 radical (unpaired) electrons. The summed E-state index contributed by atoms with van der Waals surface area (Å²) in [7, 11) is 1.71. The average Bonchev–Trinajstić information content (AvgIpc) is 2.58. The van der Waals surface area contributed by atoms with Crippen LogP contribution in [-0.4, -0.2) is 36.8 Å². The van der Waals surface area contributed by atoms with Gasteiger partial charge in [0, 0.05) is 38.7 Å². The fourth-order valence-electron chi connectivity index (χ4n) is 2.77. The number of aryl methyl sites for hydroxylation is 1. The summed E-state index contributed by atoms with van der Waals surface area (Å²) in [6.07, 6.45) is 5.05. The molecule has 2 heterocycles. The molecule has 2 aromatic rings. The van der Waals surface area contributed by atoms with Crippen molar-refractivity contribution in [1.29, 1.82) is 0 Å². The van der Waals surface area contributed by atoms with Gasteiger partial charge in [0.2, 0.25) is 5.95 Å². The molecule has 0 atom stereocenters. The molecule has 1 aliphatic rings.